The molecule has 12 aromatic rings. The number of hydrogen-bond acceptors (Lipinski definition) is 28. The molecule has 0 radical (unpaired) electrons. The van der Waals surface area contributed by atoms with E-state index in [4.69, 9.17) is 32.9 Å². The number of primary amides is 4. The quantitative estimate of drug-likeness (QED) is 0.0194. The first-order valence-electron chi connectivity index (χ1n) is 48.4. The number of ketones is 4. The van der Waals surface area contributed by atoms with E-state index >= 15 is 0 Å². The number of amides is 4. The van der Waals surface area contributed by atoms with Crippen molar-refractivity contribution in [3.63, 3.8) is 0 Å². The molecule has 748 valence electrons. The van der Waals surface area contributed by atoms with Crippen LogP contribution in [0, 0.1) is 23.7 Å². The highest BCUT2D eigenvalue weighted by atomic mass is 16.2. The van der Waals surface area contributed by atoms with Crippen LogP contribution in [0.15, 0.2) is 183 Å². The Kier molecular flexibility index (Phi) is 33.6. The zero-order chi connectivity index (χ0) is 102. The van der Waals surface area contributed by atoms with Gasteiger partial charge < -0.3 is 91.9 Å². The van der Waals surface area contributed by atoms with Crippen LogP contribution in [0.1, 0.15) is 241 Å². The number of carbonyl (C=O) groups excluding carboxylic acids is 8. The van der Waals surface area contributed by atoms with Crippen LogP contribution in [-0.2, 0) is 39.0 Å². The number of nitrogens with zero attached hydrogens (tertiary/aromatic N) is 20. The van der Waals surface area contributed by atoms with Gasteiger partial charge in [-0.1, -0.05) is 90.1 Å². The van der Waals surface area contributed by atoms with Crippen molar-refractivity contribution in [3.8, 4) is 0 Å². The van der Waals surface area contributed by atoms with Crippen molar-refractivity contribution in [1.29, 1.82) is 0 Å². The summed E-state index contributed by atoms with van der Waals surface area (Å²) < 4.78 is 7.55. The monoisotopic (exact) mass is 1930 g/mol. The van der Waals surface area contributed by atoms with Gasteiger partial charge in [0.2, 0.25) is 11.9 Å². The van der Waals surface area contributed by atoms with Gasteiger partial charge in [-0.15, -0.1) is 20.4 Å². The molecule has 36 nitrogen and oxygen atoms in total. The average molecular weight is 1930 g/mol. The maximum atomic E-state index is 13.1. The summed E-state index contributed by atoms with van der Waals surface area (Å²) in [6.45, 7) is 24.5. The number of aryl methyl sites for hydroxylation is 4. The van der Waals surface area contributed by atoms with Crippen LogP contribution < -0.4 is 73.6 Å². The molecule has 0 unspecified atom stereocenters. The van der Waals surface area contributed by atoms with E-state index in [0.29, 0.717) is 60.9 Å². The van der Waals surface area contributed by atoms with E-state index in [1.54, 1.807) is 12.4 Å². The van der Waals surface area contributed by atoms with Crippen LogP contribution >= 0.6 is 0 Å². The smallest absolute Gasteiger partial charge is 0.273 e. The van der Waals surface area contributed by atoms with Crippen molar-refractivity contribution < 1.29 is 38.4 Å². The molecule has 36 heteroatoms. The Morgan fingerprint density at radius 2 is 0.585 bits per heavy atom. The van der Waals surface area contributed by atoms with E-state index in [0.717, 1.165) is 134 Å². The van der Waals surface area contributed by atoms with Gasteiger partial charge in [0.1, 0.15) is 11.6 Å². The Morgan fingerprint density at radius 3 is 0.824 bits per heavy atom. The minimum Gasteiger partial charge on any atom is -0.378 e. The molecule has 0 aliphatic carbocycles. The van der Waals surface area contributed by atoms with E-state index in [9.17, 15) is 38.4 Å². The normalized spacial score (nSPS) is 18.0. The van der Waals surface area contributed by atoms with Crippen LogP contribution in [0.5, 0.6) is 0 Å². The number of carbonyl (C=O) groups is 8. The summed E-state index contributed by atoms with van der Waals surface area (Å²) in [5.74, 6) is 1.91. The van der Waals surface area contributed by atoms with Crippen LogP contribution in [-0.4, -0.2) is 194 Å². The Labute approximate surface area is 830 Å². The molecule has 4 fully saturated rings. The summed E-state index contributed by atoms with van der Waals surface area (Å²) in [4.78, 5) is 140. The molecule has 8 atom stereocenters. The minimum atomic E-state index is -0.703. The summed E-state index contributed by atoms with van der Waals surface area (Å²) >= 11 is 0. The molecular weight excluding hydrogens is 1790 g/mol. The van der Waals surface area contributed by atoms with Crippen LogP contribution in [0.25, 0.3) is 0 Å². The van der Waals surface area contributed by atoms with Crippen molar-refractivity contribution in [2.45, 2.75) is 181 Å². The maximum Gasteiger partial charge on any atom is 0.273 e. The van der Waals surface area contributed by atoms with Gasteiger partial charge in [-0.2, -0.15) is 9.97 Å². The first-order valence-corrected chi connectivity index (χ1v) is 48.4. The molecule has 0 spiro atoms. The summed E-state index contributed by atoms with van der Waals surface area (Å²) in [5, 5.41) is 29.2. The molecule has 0 bridgehead atoms. The lowest BCUT2D eigenvalue weighted by molar-refractivity contribution is 0.0938. The molecule has 4 saturated heterocycles. The van der Waals surface area contributed by atoms with Crippen LogP contribution in [0.2, 0.25) is 0 Å². The van der Waals surface area contributed by atoms with Gasteiger partial charge in [0.05, 0.1) is 35.1 Å². The van der Waals surface area contributed by atoms with Crippen molar-refractivity contribution in [2.75, 3.05) is 105 Å². The molecule has 4 amide bonds. The second-order valence-electron chi connectivity index (χ2n) is 40.1. The second kappa shape index (κ2) is 45.8. The summed E-state index contributed by atoms with van der Waals surface area (Å²) in [6, 6.07) is 39.2. The summed E-state index contributed by atoms with van der Waals surface area (Å²) in [6.07, 6.45) is 27.7. The van der Waals surface area contributed by atoms with Crippen molar-refractivity contribution in [2.24, 2.45) is 74.8 Å². The minimum absolute atomic E-state index is 0.0160. The summed E-state index contributed by atoms with van der Waals surface area (Å²) in [7, 11) is 15.5. The summed E-state index contributed by atoms with van der Waals surface area (Å²) in [5.41, 5.74) is 33.0. The predicted molar refractivity (Wildman–Crippen MR) is 558 cm³/mol. The first kappa shape index (κ1) is 104. The molecule has 12 heterocycles. The lowest BCUT2D eigenvalue weighted by Gasteiger charge is -2.40. The van der Waals surface area contributed by atoms with Crippen molar-refractivity contribution >= 4 is 128 Å². The number of benzene rings is 4. The van der Waals surface area contributed by atoms with Crippen molar-refractivity contribution in [1.82, 2.24) is 68.6 Å². The van der Waals surface area contributed by atoms with E-state index in [-0.39, 0.29) is 116 Å². The van der Waals surface area contributed by atoms with Gasteiger partial charge >= 0.3 is 0 Å². The largest absolute Gasteiger partial charge is 0.378 e. The number of nitrogens with two attached hydrogens (primary N) is 4. The maximum absolute atomic E-state index is 13.1. The van der Waals surface area contributed by atoms with Crippen LogP contribution in [0.4, 0.5) is 80.9 Å². The number of aromatic nitrogens is 14. The number of anilines is 14. The third kappa shape index (κ3) is 26.4. The number of hydrogen-bond donors (Lipinski definition) is 8. The van der Waals surface area contributed by atoms with Crippen molar-refractivity contribution in [3.05, 3.63) is 239 Å². The standard InChI is InChI=1S/C28H36N6O2.C27H35N7O2.C26H33N7O2.C25H32N8O2/c1-18-20(15-23(35)19-8-10-21(11-9-19)28(2,3)4)7-6-13-34(18)24-16-30-25(26(29)36)27(32-24)31-22-12-14-33(5)17-22;1-17-19(15-22(35)18-8-10-20(11-9-18)27(2,3)4)7-6-13-34(17)26-30-25(23(24(28)36)31-32-26)29-21-12-14-33(5)16-21;1-17-19(14-22(34)18-7-9-21(10-8-18)31(2)3)6-5-12-33(17)23-15-28-24(25(27)35)26(30-23)29-20-11-13-32(4)16-20;1-16-18(14-21(34)17-7-9-20(10-8-17)31(2)3)6-5-12-33(16)25-28-24(22(23(26)35)29-30-25)27-19-11-13-32(4)15-19/h8-12,14,16-18,20H,6-7,13,15H2,1-5H3,(H2,29,36)(H,31,32);8-12,14,16-17,19H,6-7,13,15H2,1-5H3,(H2,28,36)(H,29,30,32);7-11,13,15-17,19H,5-6,12,14H2,1-4H3,(H2,27,35)(H,29,30);7-11,13,15-16,18H,5-6,12,14H2,1-4H3,(H2,26,35)(H,27,28,30)/t18-,20+;2*17-,19+;16-,18+/m1111/s1. The number of piperidine rings is 4. The zero-order valence-electron chi connectivity index (χ0n) is 84.8. The fourth-order valence-electron chi connectivity index (χ4n) is 18.6. The SMILES string of the molecule is C[C@@H]1[C@H](CC(=O)c2ccc(C(C)(C)C)cc2)CCCN1c1cnc(C(N)=O)c(Nc2ccn(C)c2)n1.C[C@@H]1[C@H](CC(=O)c2ccc(C(C)(C)C)cc2)CCCN1c1nnc(C(N)=O)c(Nc2ccn(C)c2)n1.C[C@@H]1[C@H](CC(=O)c2ccc(N(C)C)cc2)CCCN1c1cnc(C(N)=O)c(Nc2ccn(C)c2)n1.C[C@@H]1[C@H](CC(=O)c2ccc(N(C)C)cc2)CCCN1c1nnc(C(N)=O)c(Nc2ccn(C)c2)n1. The molecule has 0 saturated carbocycles. The Bertz CT molecular complexity index is 6050. The molecular formula is C106H136N28O8. The molecule has 4 aromatic carbocycles. The Morgan fingerprint density at radius 1 is 0.338 bits per heavy atom. The number of nitrogens with one attached hydrogen (secondary N) is 4. The van der Waals surface area contributed by atoms with E-state index in [1.807, 2.05) is 243 Å². The highest BCUT2D eigenvalue weighted by Gasteiger charge is 2.38. The third-order valence-corrected chi connectivity index (χ3v) is 27.2. The average Bonchev–Trinajstić information content (AvgIpc) is 0.929. The predicted octanol–water partition coefficient (Wildman–Crippen LogP) is 15.7. The van der Waals surface area contributed by atoms with Gasteiger partial charge in [0.15, 0.2) is 69.2 Å². The fraction of sp³-hybridized carbons (Fsp3) is 0.415. The molecule has 12 N–H and O–H groups in total. The van der Waals surface area contributed by atoms with Gasteiger partial charge in [0.25, 0.3) is 23.6 Å². The number of rotatable bonds is 30. The topological polar surface area (TPSA) is 457 Å². The lowest BCUT2D eigenvalue weighted by Crippen LogP contribution is -2.45. The molecule has 8 aromatic heterocycles. The fourth-order valence-corrected chi connectivity index (χ4v) is 18.6. The van der Waals surface area contributed by atoms with Gasteiger partial charge in [-0.05, 0) is 197 Å². The van der Waals surface area contributed by atoms with Crippen LogP contribution in [0.3, 0.4) is 0 Å². The number of Topliss-reactive ketones (excluding diaryl/α,β-unsaturated/α-hetero) is 4. The zero-order valence-corrected chi connectivity index (χ0v) is 84.8. The first-order chi connectivity index (χ1) is 67.5. The highest BCUT2D eigenvalue weighted by molar-refractivity contribution is 6.01. The Hall–Kier alpha value is -15.3. The highest BCUT2D eigenvalue weighted by Crippen LogP contribution is 2.39. The molecule has 4 aliphatic heterocycles. The lowest BCUT2D eigenvalue weighted by atomic mass is 9.83. The molecule has 4 aliphatic rings. The van der Waals surface area contributed by atoms with Gasteiger partial charge in [0, 0.05) is 216 Å². The molecule has 16 rings (SSSR count). The third-order valence-electron chi connectivity index (χ3n) is 27.2. The van der Waals surface area contributed by atoms with E-state index < -0.39 is 23.6 Å². The Balaban J connectivity index is 0.000000159. The van der Waals surface area contributed by atoms with E-state index in [1.165, 1.54) is 11.1 Å². The van der Waals surface area contributed by atoms with Gasteiger partial charge in [-0.3, -0.25) is 38.4 Å². The van der Waals surface area contributed by atoms with Gasteiger partial charge in [-0.25, -0.2) is 19.9 Å². The van der Waals surface area contributed by atoms with E-state index in [2.05, 4.69) is 163 Å². The second-order valence-corrected chi connectivity index (χ2v) is 40.1. The molecule has 142 heavy (non-hydrogen) atoms.